The number of amides is 1. The maximum Gasteiger partial charge on any atom is 0.308 e. The predicted molar refractivity (Wildman–Crippen MR) is 108 cm³/mol. The predicted octanol–water partition coefficient (Wildman–Crippen LogP) is 4.21. The van der Waals surface area contributed by atoms with Crippen molar-refractivity contribution in [2.45, 2.75) is 57.3 Å². The highest BCUT2D eigenvalue weighted by Crippen LogP contribution is 2.60. The third-order valence-corrected chi connectivity index (χ3v) is 8.18. The van der Waals surface area contributed by atoms with Gasteiger partial charge >= 0.3 is 5.97 Å². The van der Waals surface area contributed by atoms with E-state index in [1.165, 1.54) is 35.0 Å². The number of nitrogens with one attached hydrogen (secondary N) is 1. The lowest BCUT2D eigenvalue weighted by Crippen LogP contribution is -2.43. The summed E-state index contributed by atoms with van der Waals surface area (Å²) < 4.78 is 5.29. The van der Waals surface area contributed by atoms with E-state index in [0.717, 1.165) is 30.8 Å². The molecular weight excluding hydrogens is 372 g/mol. The zero-order chi connectivity index (χ0) is 19.5. The van der Waals surface area contributed by atoms with Crippen LogP contribution in [0, 0.1) is 11.8 Å². The van der Waals surface area contributed by atoms with Gasteiger partial charge in [0.05, 0.1) is 5.69 Å². The van der Waals surface area contributed by atoms with Gasteiger partial charge in [0.1, 0.15) is 5.75 Å². The van der Waals surface area contributed by atoms with E-state index in [4.69, 9.17) is 9.72 Å². The van der Waals surface area contributed by atoms with E-state index in [1.54, 1.807) is 11.3 Å². The Morgan fingerprint density at radius 2 is 2.25 bits per heavy atom. The monoisotopic (exact) mass is 396 g/mol. The fraction of sp³-hybridized carbons (Fsp3) is 0.500. The molecule has 6 heteroatoms. The Labute approximate surface area is 168 Å². The van der Waals surface area contributed by atoms with Crippen LogP contribution in [0.3, 0.4) is 0 Å². The molecule has 4 atom stereocenters. The van der Waals surface area contributed by atoms with E-state index < -0.39 is 0 Å². The first kappa shape index (κ1) is 17.9. The summed E-state index contributed by atoms with van der Waals surface area (Å²) in [5.41, 5.74) is 4.12. The van der Waals surface area contributed by atoms with Crippen LogP contribution in [0.4, 0.5) is 5.13 Å². The van der Waals surface area contributed by atoms with Gasteiger partial charge in [-0.25, -0.2) is 4.98 Å². The van der Waals surface area contributed by atoms with Crippen molar-refractivity contribution >= 4 is 28.8 Å². The number of hydrogen-bond donors (Lipinski definition) is 1. The molecule has 0 unspecified atom stereocenters. The molecule has 1 N–H and O–H groups in total. The molecule has 5 rings (SSSR count). The number of nitrogens with zero attached hydrogens (tertiary/aromatic N) is 1. The minimum absolute atomic E-state index is 0.116. The van der Waals surface area contributed by atoms with E-state index in [1.807, 2.05) is 6.07 Å². The Balaban J connectivity index is 1.44. The van der Waals surface area contributed by atoms with Crippen LogP contribution in [-0.2, 0) is 27.8 Å². The van der Waals surface area contributed by atoms with Gasteiger partial charge in [-0.2, -0.15) is 0 Å². The molecule has 28 heavy (non-hydrogen) atoms. The van der Waals surface area contributed by atoms with E-state index in [9.17, 15) is 9.59 Å². The summed E-state index contributed by atoms with van der Waals surface area (Å²) in [6.07, 6.45) is 6.29. The van der Waals surface area contributed by atoms with Crippen molar-refractivity contribution in [2.24, 2.45) is 11.8 Å². The summed E-state index contributed by atoms with van der Waals surface area (Å²) in [6, 6.07) is 6.19. The fourth-order valence-corrected chi connectivity index (χ4v) is 7.14. The van der Waals surface area contributed by atoms with Crippen LogP contribution in [0.1, 0.15) is 60.7 Å². The van der Waals surface area contributed by atoms with Crippen LogP contribution in [-0.4, -0.2) is 17.4 Å². The van der Waals surface area contributed by atoms with Crippen LogP contribution in [0.25, 0.3) is 0 Å². The van der Waals surface area contributed by atoms with Crippen molar-refractivity contribution in [3.8, 4) is 5.75 Å². The summed E-state index contributed by atoms with van der Waals surface area (Å²) in [4.78, 5) is 28.2. The fourth-order valence-electron chi connectivity index (χ4n) is 6.03. The Kier molecular flexibility index (Phi) is 4.09. The molecule has 1 aromatic carbocycles. The number of benzene rings is 1. The second-order valence-corrected chi connectivity index (χ2v) is 9.67. The summed E-state index contributed by atoms with van der Waals surface area (Å²) in [7, 11) is 0. The molecule has 146 valence electrons. The highest BCUT2D eigenvalue weighted by Gasteiger charge is 2.54. The Bertz CT molecular complexity index is 969. The maximum absolute atomic E-state index is 11.3. The first-order valence-electron chi connectivity index (χ1n) is 10.0. The minimum Gasteiger partial charge on any atom is -0.427 e. The number of anilines is 1. The molecule has 3 aliphatic rings. The van der Waals surface area contributed by atoms with E-state index in [2.05, 4.69) is 24.4 Å². The van der Waals surface area contributed by atoms with Crippen LogP contribution < -0.4 is 10.1 Å². The average molecular weight is 397 g/mol. The van der Waals surface area contributed by atoms with Gasteiger partial charge in [-0.1, -0.05) is 13.0 Å². The molecule has 1 heterocycles. The van der Waals surface area contributed by atoms with Gasteiger partial charge in [-0.15, -0.1) is 11.3 Å². The molecule has 0 radical (unpaired) electrons. The van der Waals surface area contributed by atoms with Gasteiger partial charge in [0.15, 0.2) is 5.13 Å². The number of carbonyl (C=O) groups excluding carboxylic acids is 2. The Hall–Kier alpha value is -2.21. The second-order valence-electron chi connectivity index (χ2n) is 8.58. The smallest absolute Gasteiger partial charge is 0.308 e. The van der Waals surface area contributed by atoms with Gasteiger partial charge in [0.2, 0.25) is 6.41 Å². The molecule has 1 aromatic heterocycles. The zero-order valence-corrected chi connectivity index (χ0v) is 17.0. The lowest BCUT2D eigenvalue weighted by molar-refractivity contribution is -0.131. The lowest BCUT2D eigenvalue weighted by atomic mass is 9.55. The number of hydrogen-bond acceptors (Lipinski definition) is 5. The van der Waals surface area contributed by atoms with Crippen molar-refractivity contribution < 1.29 is 14.3 Å². The first-order chi connectivity index (χ1) is 13.5. The number of aromatic nitrogens is 1. The number of ether oxygens (including phenoxy) is 1. The molecule has 1 saturated carbocycles. The minimum atomic E-state index is -0.268. The number of carbonyl (C=O) groups is 2. The molecule has 5 nitrogen and oxygen atoms in total. The van der Waals surface area contributed by atoms with Gasteiger partial charge in [0, 0.05) is 17.2 Å². The van der Waals surface area contributed by atoms with Gasteiger partial charge in [0.25, 0.3) is 0 Å². The highest BCUT2D eigenvalue weighted by molar-refractivity contribution is 7.15. The van der Waals surface area contributed by atoms with Crippen molar-refractivity contribution in [3.63, 3.8) is 0 Å². The third-order valence-electron chi connectivity index (χ3n) is 7.18. The molecule has 1 fully saturated rings. The van der Waals surface area contributed by atoms with Crippen molar-refractivity contribution in [1.29, 1.82) is 0 Å². The quantitative estimate of drug-likeness (QED) is 0.479. The summed E-state index contributed by atoms with van der Waals surface area (Å²) in [5.74, 6) is 2.25. The van der Waals surface area contributed by atoms with E-state index >= 15 is 0 Å². The third kappa shape index (κ3) is 2.61. The lowest BCUT2D eigenvalue weighted by Gasteiger charge is -2.49. The maximum atomic E-state index is 11.3. The SMILES string of the molecule is CC(=O)Oc1ccc2c(c1)CC[C@@H]1[C@@H]2CC[C@]2(C)c3nc(NC=O)sc3C[C@@H]12. The van der Waals surface area contributed by atoms with Gasteiger partial charge < -0.3 is 10.1 Å². The highest BCUT2D eigenvalue weighted by atomic mass is 32.1. The van der Waals surface area contributed by atoms with E-state index in [0.29, 0.717) is 29.9 Å². The first-order valence-corrected chi connectivity index (χ1v) is 10.8. The average Bonchev–Trinajstić information content (AvgIpc) is 3.17. The van der Waals surface area contributed by atoms with Crippen LogP contribution in [0.5, 0.6) is 5.75 Å². The van der Waals surface area contributed by atoms with Crippen LogP contribution in [0.15, 0.2) is 18.2 Å². The topological polar surface area (TPSA) is 68.3 Å². The molecule has 2 aromatic rings. The Morgan fingerprint density at radius 1 is 1.39 bits per heavy atom. The van der Waals surface area contributed by atoms with Crippen LogP contribution >= 0.6 is 11.3 Å². The Morgan fingerprint density at radius 3 is 3.04 bits per heavy atom. The number of aryl methyl sites for hydroxylation is 1. The number of rotatable bonds is 3. The summed E-state index contributed by atoms with van der Waals surface area (Å²) in [6.45, 7) is 3.82. The molecule has 0 saturated heterocycles. The van der Waals surface area contributed by atoms with Crippen LogP contribution in [0.2, 0.25) is 0 Å². The van der Waals surface area contributed by atoms with Crippen molar-refractivity contribution in [1.82, 2.24) is 4.98 Å². The van der Waals surface area contributed by atoms with Crippen molar-refractivity contribution in [3.05, 3.63) is 39.9 Å². The standard InChI is InChI=1S/C22H24N2O3S/c1-12(26)27-14-4-6-15-13(9-14)3-5-17-16(15)7-8-22(2)18(17)10-19-20(22)24-21(28-19)23-11-25/h4,6,9,11,16-18H,3,5,7-8,10H2,1-2H3,(H,23,24,25)/t16-,17-,18+,22+/m1/s1. The number of esters is 1. The zero-order valence-electron chi connectivity index (χ0n) is 16.2. The molecule has 3 aliphatic carbocycles. The number of thiazole rings is 1. The molecule has 0 bridgehead atoms. The normalized spacial score (nSPS) is 29.9. The largest absolute Gasteiger partial charge is 0.427 e. The number of fused-ring (bicyclic) bond motifs is 7. The van der Waals surface area contributed by atoms with E-state index in [-0.39, 0.29) is 11.4 Å². The molecule has 0 spiro atoms. The molecule has 1 amide bonds. The van der Waals surface area contributed by atoms with Crippen molar-refractivity contribution in [2.75, 3.05) is 5.32 Å². The molecular formula is C22H24N2O3S. The summed E-state index contributed by atoms with van der Waals surface area (Å²) in [5, 5.41) is 3.46. The second kappa shape index (κ2) is 6.41. The summed E-state index contributed by atoms with van der Waals surface area (Å²) >= 11 is 1.64. The molecule has 0 aliphatic heterocycles. The van der Waals surface area contributed by atoms with Gasteiger partial charge in [-0.3, -0.25) is 9.59 Å². The van der Waals surface area contributed by atoms with Gasteiger partial charge in [-0.05, 0) is 73.1 Å².